The van der Waals surface area contributed by atoms with Crippen LogP contribution in [0.25, 0.3) is 0 Å². The van der Waals surface area contributed by atoms with E-state index in [-0.39, 0.29) is 30.0 Å². The normalized spacial score (nSPS) is 18.4. The van der Waals surface area contributed by atoms with Gasteiger partial charge in [-0.05, 0) is 31.4 Å². The molecule has 42 heavy (non-hydrogen) atoms. The van der Waals surface area contributed by atoms with E-state index in [0.717, 1.165) is 30.8 Å². The predicted molar refractivity (Wildman–Crippen MR) is 149 cm³/mol. The fourth-order valence-electron chi connectivity index (χ4n) is 4.94. The number of benzene rings is 1. The Morgan fingerprint density at radius 1 is 0.833 bits per heavy atom. The number of amides is 6. The number of hydrogen-bond donors (Lipinski definition) is 3. The number of likely N-dealkylation sites (tertiary alicyclic amines) is 1. The highest BCUT2D eigenvalue weighted by Crippen LogP contribution is 2.32. The first-order chi connectivity index (χ1) is 20.5. The Balaban J connectivity index is 1.00. The van der Waals surface area contributed by atoms with Crippen molar-refractivity contribution in [1.82, 2.24) is 20.4 Å². The lowest BCUT2D eigenvalue weighted by molar-refractivity contribution is -0.136. The lowest BCUT2D eigenvalue weighted by atomic mass is 10.0. The molecule has 1 atom stereocenters. The van der Waals surface area contributed by atoms with Crippen molar-refractivity contribution in [2.45, 2.75) is 31.7 Å². The molecule has 0 spiro atoms. The molecule has 0 aliphatic carbocycles. The van der Waals surface area contributed by atoms with Gasteiger partial charge in [-0.2, -0.15) is 0 Å². The molecule has 1 aromatic carbocycles. The summed E-state index contributed by atoms with van der Waals surface area (Å²) in [6, 6.07) is 3.88. The molecular formula is C28H39N5O9. The van der Waals surface area contributed by atoms with E-state index in [0.29, 0.717) is 71.6 Å². The fourth-order valence-corrected chi connectivity index (χ4v) is 4.94. The number of carbonyl (C=O) groups excluding carboxylic acids is 5. The van der Waals surface area contributed by atoms with Gasteiger partial charge in [-0.15, -0.1) is 0 Å². The first-order valence-electron chi connectivity index (χ1n) is 14.4. The van der Waals surface area contributed by atoms with Crippen LogP contribution in [0.4, 0.5) is 10.5 Å². The van der Waals surface area contributed by atoms with Gasteiger partial charge < -0.3 is 34.5 Å². The van der Waals surface area contributed by atoms with Crippen molar-refractivity contribution in [2.24, 2.45) is 0 Å². The van der Waals surface area contributed by atoms with Crippen LogP contribution in [-0.2, 0) is 28.5 Å². The van der Waals surface area contributed by atoms with Gasteiger partial charge in [0.25, 0.3) is 11.8 Å². The zero-order valence-corrected chi connectivity index (χ0v) is 23.7. The minimum Gasteiger partial charge on any atom is -0.382 e. The van der Waals surface area contributed by atoms with Crippen LogP contribution in [0.15, 0.2) is 18.2 Å². The summed E-state index contributed by atoms with van der Waals surface area (Å²) in [6.45, 7) is 5.80. The summed E-state index contributed by atoms with van der Waals surface area (Å²) in [6.07, 6.45) is 2.31. The molecule has 0 saturated carbocycles. The maximum absolute atomic E-state index is 13.1. The topological polar surface area (TPSA) is 165 Å². The molecule has 3 aliphatic rings. The second-order valence-corrected chi connectivity index (χ2v) is 9.98. The number of hydrogen-bond acceptors (Lipinski definition) is 10. The van der Waals surface area contributed by atoms with Crippen molar-refractivity contribution in [3.05, 3.63) is 29.3 Å². The van der Waals surface area contributed by atoms with E-state index >= 15 is 0 Å². The van der Waals surface area contributed by atoms with Crippen LogP contribution >= 0.6 is 0 Å². The Bertz CT molecular complexity index is 1120. The molecule has 0 bridgehead atoms. The number of piperidine rings is 1. The number of nitrogens with one attached hydrogen (secondary N) is 3. The highest BCUT2D eigenvalue weighted by atomic mass is 16.6. The van der Waals surface area contributed by atoms with Crippen molar-refractivity contribution in [2.75, 3.05) is 84.4 Å². The standard InChI is InChI=1S/C28H39N5O9/c34-23-7-6-22(25(35)31-23)33-26(36)20-4-3-5-21(24(20)27(33)37)29-8-12-39-14-16-41-18-19-42-17-15-40-13-9-30-28(38)32-10-1-2-11-32/h3-5,22,29H,1-2,6-19H2,(H,30,38)(H,31,34,35). The van der Waals surface area contributed by atoms with Crippen LogP contribution in [0, 0.1) is 0 Å². The number of anilines is 1. The summed E-state index contributed by atoms with van der Waals surface area (Å²) in [4.78, 5) is 64.3. The quantitative estimate of drug-likeness (QED) is 0.171. The minimum atomic E-state index is -1.00. The molecule has 0 radical (unpaired) electrons. The monoisotopic (exact) mass is 589 g/mol. The highest BCUT2D eigenvalue weighted by Gasteiger charge is 2.45. The third kappa shape index (κ3) is 8.47. The van der Waals surface area contributed by atoms with Gasteiger partial charge in [0.05, 0.1) is 64.0 Å². The Labute approximate surface area is 244 Å². The number of rotatable bonds is 17. The van der Waals surface area contributed by atoms with E-state index < -0.39 is 29.7 Å². The lowest BCUT2D eigenvalue weighted by Gasteiger charge is -2.27. The van der Waals surface area contributed by atoms with Crippen LogP contribution in [0.2, 0.25) is 0 Å². The maximum Gasteiger partial charge on any atom is 0.317 e. The van der Waals surface area contributed by atoms with Crippen molar-refractivity contribution in [3.8, 4) is 0 Å². The summed E-state index contributed by atoms with van der Waals surface area (Å²) < 4.78 is 22.0. The SMILES string of the molecule is O=C1CCC(N2C(=O)c3cccc(NCCOCCOCCOCCOCCNC(=O)N4CCCC4)c3C2=O)C(=O)N1. The second-order valence-electron chi connectivity index (χ2n) is 9.98. The molecule has 3 N–H and O–H groups in total. The Kier molecular flexibility index (Phi) is 12.1. The van der Waals surface area contributed by atoms with Gasteiger partial charge in [-0.3, -0.25) is 29.4 Å². The first-order valence-corrected chi connectivity index (χ1v) is 14.4. The fraction of sp³-hybridized carbons (Fsp3) is 0.607. The molecule has 230 valence electrons. The van der Waals surface area contributed by atoms with Crippen LogP contribution in [-0.4, -0.2) is 125 Å². The van der Waals surface area contributed by atoms with E-state index in [1.165, 1.54) is 0 Å². The van der Waals surface area contributed by atoms with Crippen LogP contribution in [0.5, 0.6) is 0 Å². The van der Waals surface area contributed by atoms with Gasteiger partial charge in [0, 0.05) is 38.3 Å². The molecule has 2 fully saturated rings. The summed E-state index contributed by atoms with van der Waals surface area (Å²) in [5.74, 6) is -2.16. The van der Waals surface area contributed by atoms with Crippen LogP contribution in [0.3, 0.4) is 0 Å². The van der Waals surface area contributed by atoms with E-state index in [4.69, 9.17) is 18.9 Å². The van der Waals surface area contributed by atoms with Gasteiger partial charge >= 0.3 is 6.03 Å². The third-order valence-corrected chi connectivity index (χ3v) is 7.06. The van der Waals surface area contributed by atoms with E-state index in [9.17, 15) is 24.0 Å². The van der Waals surface area contributed by atoms with E-state index in [2.05, 4.69) is 16.0 Å². The molecule has 3 heterocycles. The van der Waals surface area contributed by atoms with Gasteiger partial charge in [0.2, 0.25) is 11.8 Å². The zero-order chi connectivity index (χ0) is 29.7. The van der Waals surface area contributed by atoms with Crippen LogP contribution < -0.4 is 16.0 Å². The zero-order valence-electron chi connectivity index (χ0n) is 23.7. The maximum atomic E-state index is 13.1. The Morgan fingerprint density at radius 3 is 2.10 bits per heavy atom. The average Bonchev–Trinajstić information content (AvgIpc) is 3.61. The molecule has 1 unspecified atom stereocenters. The molecular weight excluding hydrogens is 550 g/mol. The summed E-state index contributed by atoms with van der Waals surface area (Å²) in [5.41, 5.74) is 0.915. The lowest BCUT2D eigenvalue weighted by Crippen LogP contribution is -2.54. The van der Waals surface area contributed by atoms with Gasteiger partial charge in [0.1, 0.15) is 6.04 Å². The summed E-state index contributed by atoms with van der Waals surface area (Å²) in [5, 5.41) is 8.16. The van der Waals surface area contributed by atoms with E-state index in [1.54, 1.807) is 18.2 Å². The first kappa shape index (κ1) is 31.3. The summed E-state index contributed by atoms with van der Waals surface area (Å²) in [7, 11) is 0. The number of imide groups is 2. The summed E-state index contributed by atoms with van der Waals surface area (Å²) >= 11 is 0. The minimum absolute atomic E-state index is 0.0293. The molecule has 6 amide bonds. The Morgan fingerprint density at radius 2 is 1.45 bits per heavy atom. The number of carbonyl (C=O) groups is 5. The molecule has 4 rings (SSSR count). The molecule has 1 aromatic rings. The predicted octanol–water partition coefficient (Wildman–Crippen LogP) is 0.372. The van der Waals surface area contributed by atoms with Crippen molar-refractivity contribution < 1.29 is 42.9 Å². The van der Waals surface area contributed by atoms with Gasteiger partial charge in [-0.1, -0.05) is 6.07 Å². The smallest absolute Gasteiger partial charge is 0.317 e. The number of fused-ring (bicyclic) bond motifs is 1. The van der Waals surface area contributed by atoms with Crippen molar-refractivity contribution in [3.63, 3.8) is 0 Å². The van der Waals surface area contributed by atoms with Crippen molar-refractivity contribution >= 4 is 35.3 Å². The largest absolute Gasteiger partial charge is 0.382 e. The molecule has 2 saturated heterocycles. The second kappa shape index (κ2) is 16.2. The molecule has 14 nitrogen and oxygen atoms in total. The van der Waals surface area contributed by atoms with Gasteiger partial charge in [-0.25, -0.2) is 4.79 Å². The molecule has 0 aromatic heterocycles. The highest BCUT2D eigenvalue weighted by molar-refractivity contribution is 6.25. The van der Waals surface area contributed by atoms with E-state index in [1.807, 2.05) is 4.90 Å². The molecule has 3 aliphatic heterocycles. The number of nitrogens with zero attached hydrogens (tertiary/aromatic N) is 2. The number of ether oxygens (including phenoxy) is 4. The van der Waals surface area contributed by atoms with Gasteiger partial charge in [0.15, 0.2) is 0 Å². The average molecular weight is 590 g/mol. The third-order valence-electron chi connectivity index (χ3n) is 7.06. The molecule has 14 heteroatoms. The Hall–Kier alpha value is -3.59. The van der Waals surface area contributed by atoms with Crippen molar-refractivity contribution in [1.29, 1.82) is 0 Å². The van der Waals surface area contributed by atoms with Crippen LogP contribution in [0.1, 0.15) is 46.4 Å². The number of urea groups is 1.